The second kappa shape index (κ2) is 9.15. The Morgan fingerprint density at radius 3 is 2.32 bits per heavy atom. The summed E-state index contributed by atoms with van der Waals surface area (Å²) in [6.45, 7) is 1.93. The number of sulfonamides is 1. The summed E-state index contributed by atoms with van der Waals surface area (Å²) in [6.07, 6.45) is -0.565. The molecule has 0 saturated heterocycles. The van der Waals surface area contributed by atoms with Crippen molar-refractivity contribution in [2.24, 2.45) is 0 Å². The fourth-order valence-electron chi connectivity index (χ4n) is 3.98. The summed E-state index contributed by atoms with van der Waals surface area (Å²) in [5.74, 6) is -1.39. The van der Waals surface area contributed by atoms with E-state index in [1.807, 2.05) is 31.2 Å². The van der Waals surface area contributed by atoms with Crippen molar-refractivity contribution >= 4 is 32.5 Å². The maximum absolute atomic E-state index is 14.0. The largest absolute Gasteiger partial charge is 0.495 e. The minimum Gasteiger partial charge on any atom is -0.495 e. The number of fused-ring (bicyclic) bond motifs is 1. The van der Waals surface area contributed by atoms with Crippen molar-refractivity contribution in [2.45, 2.75) is 18.2 Å². The van der Waals surface area contributed by atoms with Gasteiger partial charge in [0.1, 0.15) is 11.6 Å². The SMILES string of the molecule is COc1c(-c2ccccc2C)cc(S(=O)(=O)Nc2ccc(F)c(CC(=O)O)c2)c2ccccc12. The number of nitrogens with one attached hydrogen (secondary N) is 1. The van der Waals surface area contributed by atoms with E-state index in [1.54, 1.807) is 37.4 Å². The molecular formula is C26H22FNO5S. The molecular weight excluding hydrogens is 457 g/mol. The van der Waals surface area contributed by atoms with Gasteiger partial charge in [-0.3, -0.25) is 9.52 Å². The highest BCUT2D eigenvalue weighted by Gasteiger charge is 2.24. The number of carboxylic acid groups (broad SMARTS) is 1. The normalized spacial score (nSPS) is 11.4. The molecule has 0 aliphatic rings. The van der Waals surface area contributed by atoms with Crippen LogP contribution in [-0.4, -0.2) is 26.6 Å². The van der Waals surface area contributed by atoms with Crippen LogP contribution in [-0.2, 0) is 21.2 Å². The molecule has 4 rings (SSSR count). The van der Waals surface area contributed by atoms with E-state index in [1.165, 1.54) is 12.1 Å². The fourth-order valence-corrected chi connectivity index (χ4v) is 5.27. The van der Waals surface area contributed by atoms with Crippen LogP contribution in [0.15, 0.2) is 77.7 Å². The van der Waals surface area contributed by atoms with Crippen LogP contribution in [0.1, 0.15) is 11.1 Å². The van der Waals surface area contributed by atoms with Gasteiger partial charge in [0.05, 0.1) is 18.4 Å². The van der Waals surface area contributed by atoms with Crippen molar-refractivity contribution in [1.82, 2.24) is 0 Å². The highest BCUT2D eigenvalue weighted by atomic mass is 32.2. The van der Waals surface area contributed by atoms with Crippen LogP contribution in [0.25, 0.3) is 21.9 Å². The molecule has 0 bridgehead atoms. The van der Waals surface area contributed by atoms with Gasteiger partial charge < -0.3 is 9.84 Å². The monoisotopic (exact) mass is 479 g/mol. The van der Waals surface area contributed by atoms with Crippen molar-refractivity contribution in [3.63, 3.8) is 0 Å². The Hall–Kier alpha value is -3.91. The predicted molar refractivity (Wildman–Crippen MR) is 129 cm³/mol. The first-order chi connectivity index (χ1) is 16.2. The summed E-state index contributed by atoms with van der Waals surface area (Å²) in [5.41, 5.74) is 2.34. The number of carbonyl (C=O) groups is 1. The molecule has 0 unspecified atom stereocenters. The van der Waals surface area contributed by atoms with Crippen molar-refractivity contribution in [3.8, 4) is 16.9 Å². The van der Waals surface area contributed by atoms with Crippen molar-refractivity contribution in [1.29, 1.82) is 0 Å². The van der Waals surface area contributed by atoms with Crippen LogP contribution in [0.2, 0.25) is 0 Å². The standard InChI is InChI=1S/C26H22FNO5S/c1-16-7-3-4-8-19(16)22-15-24(20-9-5-6-10-21(20)26(22)33-2)34(31,32)28-18-11-12-23(27)17(13-18)14-25(29)30/h3-13,15,28H,14H2,1-2H3,(H,29,30). The van der Waals surface area contributed by atoms with Gasteiger partial charge in [-0.15, -0.1) is 0 Å². The lowest BCUT2D eigenvalue weighted by Crippen LogP contribution is -2.14. The quantitative estimate of drug-likeness (QED) is 0.371. The molecule has 0 spiro atoms. The minimum absolute atomic E-state index is 0.0197. The van der Waals surface area contributed by atoms with Crippen LogP contribution in [0.3, 0.4) is 0 Å². The number of hydrogen-bond donors (Lipinski definition) is 2. The van der Waals surface area contributed by atoms with Gasteiger partial charge in [0.15, 0.2) is 0 Å². The second-order valence-electron chi connectivity index (χ2n) is 7.80. The summed E-state index contributed by atoms with van der Waals surface area (Å²) in [6, 6.07) is 19.6. The summed E-state index contributed by atoms with van der Waals surface area (Å²) in [5, 5.41) is 10.1. The fraction of sp³-hybridized carbons (Fsp3) is 0.115. The molecule has 0 radical (unpaired) electrons. The zero-order valence-electron chi connectivity index (χ0n) is 18.5. The highest BCUT2D eigenvalue weighted by Crippen LogP contribution is 2.41. The number of anilines is 1. The van der Waals surface area contributed by atoms with Gasteiger partial charge >= 0.3 is 5.97 Å². The topological polar surface area (TPSA) is 92.7 Å². The predicted octanol–water partition coefficient (Wildman–Crippen LogP) is 5.39. The molecule has 0 saturated carbocycles. The second-order valence-corrected chi connectivity index (χ2v) is 9.45. The minimum atomic E-state index is -4.14. The Balaban J connectivity index is 1.90. The zero-order chi connectivity index (χ0) is 24.5. The summed E-state index contributed by atoms with van der Waals surface area (Å²) in [7, 11) is -2.60. The number of aliphatic carboxylic acids is 1. The van der Waals surface area contributed by atoms with Crippen molar-refractivity contribution in [3.05, 3.63) is 89.7 Å². The van der Waals surface area contributed by atoms with Crippen LogP contribution in [0.4, 0.5) is 10.1 Å². The molecule has 2 N–H and O–H groups in total. The van der Waals surface area contributed by atoms with Gasteiger partial charge in [-0.2, -0.15) is 0 Å². The van der Waals surface area contributed by atoms with E-state index in [0.29, 0.717) is 22.1 Å². The molecule has 0 amide bonds. The maximum Gasteiger partial charge on any atom is 0.307 e. The molecule has 34 heavy (non-hydrogen) atoms. The Labute approximate surface area is 196 Å². The van der Waals surface area contributed by atoms with Crippen molar-refractivity contribution < 1.29 is 27.4 Å². The van der Waals surface area contributed by atoms with Crippen molar-refractivity contribution in [2.75, 3.05) is 11.8 Å². The molecule has 174 valence electrons. The lowest BCUT2D eigenvalue weighted by atomic mass is 9.96. The third kappa shape index (κ3) is 4.45. The number of ether oxygens (including phenoxy) is 1. The maximum atomic E-state index is 14.0. The van der Waals surface area contributed by atoms with Crippen LogP contribution in [0, 0.1) is 12.7 Å². The van der Waals surface area contributed by atoms with E-state index in [9.17, 15) is 17.6 Å². The number of aryl methyl sites for hydroxylation is 1. The first-order valence-electron chi connectivity index (χ1n) is 10.4. The Bertz CT molecular complexity index is 1520. The molecule has 4 aromatic rings. The molecule has 8 heteroatoms. The van der Waals surface area contributed by atoms with E-state index in [0.717, 1.165) is 17.2 Å². The van der Waals surface area contributed by atoms with Crippen LogP contribution >= 0.6 is 0 Å². The van der Waals surface area contributed by atoms with Gasteiger partial charge in [-0.25, -0.2) is 12.8 Å². The molecule has 0 aromatic heterocycles. The Morgan fingerprint density at radius 2 is 1.65 bits per heavy atom. The average Bonchev–Trinajstić information content (AvgIpc) is 2.80. The van der Waals surface area contributed by atoms with E-state index in [2.05, 4.69) is 4.72 Å². The Morgan fingerprint density at radius 1 is 0.971 bits per heavy atom. The summed E-state index contributed by atoms with van der Waals surface area (Å²) < 4.78 is 49.3. The zero-order valence-corrected chi connectivity index (χ0v) is 19.3. The van der Waals surface area contributed by atoms with Crippen LogP contribution in [0.5, 0.6) is 5.75 Å². The van der Waals surface area contributed by atoms with Gasteiger partial charge in [-0.1, -0.05) is 48.5 Å². The Kier molecular flexibility index (Phi) is 6.26. The van der Waals surface area contributed by atoms with Gasteiger partial charge in [-0.05, 0) is 42.3 Å². The first kappa shape index (κ1) is 23.3. The van der Waals surface area contributed by atoms with E-state index < -0.39 is 28.2 Å². The van der Waals surface area contributed by atoms with Crippen LogP contribution < -0.4 is 9.46 Å². The van der Waals surface area contributed by atoms with E-state index in [4.69, 9.17) is 9.84 Å². The molecule has 0 aliphatic heterocycles. The molecule has 0 heterocycles. The lowest BCUT2D eigenvalue weighted by molar-refractivity contribution is -0.136. The molecule has 0 aliphatic carbocycles. The third-order valence-electron chi connectivity index (χ3n) is 5.53. The van der Waals surface area contributed by atoms with E-state index >= 15 is 0 Å². The number of benzene rings is 4. The number of halogens is 1. The first-order valence-corrected chi connectivity index (χ1v) is 11.9. The smallest absolute Gasteiger partial charge is 0.307 e. The molecule has 0 atom stereocenters. The molecule has 6 nitrogen and oxygen atoms in total. The number of methoxy groups -OCH3 is 1. The van der Waals surface area contributed by atoms with Gasteiger partial charge in [0, 0.05) is 27.6 Å². The lowest BCUT2D eigenvalue weighted by Gasteiger charge is -2.18. The van der Waals surface area contributed by atoms with Gasteiger partial charge in [0.25, 0.3) is 10.0 Å². The van der Waals surface area contributed by atoms with Gasteiger partial charge in [0.2, 0.25) is 0 Å². The highest BCUT2D eigenvalue weighted by molar-refractivity contribution is 7.93. The number of hydrogen-bond acceptors (Lipinski definition) is 4. The number of rotatable bonds is 7. The summed E-state index contributed by atoms with van der Waals surface area (Å²) in [4.78, 5) is 11.0. The number of carboxylic acids is 1. The van der Waals surface area contributed by atoms with E-state index in [-0.39, 0.29) is 16.1 Å². The third-order valence-corrected chi connectivity index (χ3v) is 6.95. The molecule has 4 aromatic carbocycles. The average molecular weight is 480 g/mol. The summed E-state index contributed by atoms with van der Waals surface area (Å²) >= 11 is 0. The molecule has 0 fully saturated rings.